The second kappa shape index (κ2) is 14.1. The number of aromatic nitrogens is 2. The van der Waals surface area contributed by atoms with Crippen LogP contribution in [0, 0.1) is 0 Å². The van der Waals surface area contributed by atoms with E-state index in [-0.39, 0.29) is 0 Å². The van der Waals surface area contributed by atoms with Crippen LogP contribution in [-0.2, 0) is 9.47 Å². The molecule has 0 amide bonds. The van der Waals surface area contributed by atoms with Gasteiger partial charge in [-0.2, -0.15) is 0 Å². The van der Waals surface area contributed by atoms with Crippen LogP contribution in [-0.4, -0.2) is 101 Å². The Labute approximate surface area is 168 Å². The minimum atomic E-state index is 0.645. The minimum Gasteiger partial charge on any atom is -0.382 e. The monoisotopic (exact) mass is 393 g/mol. The fourth-order valence-corrected chi connectivity index (χ4v) is 2.98. The van der Waals surface area contributed by atoms with Gasteiger partial charge in [-0.1, -0.05) is 0 Å². The van der Waals surface area contributed by atoms with Crippen LogP contribution < -0.4 is 15.5 Å². The number of aliphatic imine (C=N–C) groups is 1. The quantitative estimate of drug-likeness (QED) is 0.296. The summed E-state index contributed by atoms with van der Waals surface area (Å²) in [6, 6.07) is 1.85. The van der Waals surface area contributed by atoms with Crippen LogP contribution in [0.4, 0.5) is 5.95 Å². The summed E-state index contributed by atoms with van der Waals surface area (Å²) < 4.78 is 10.4. The van der Waals surface area contributed by atoms with E-state index in [1.807, 2.05) is 6.07 Å². The van der Waals surface area contributed by atoms with E-state index in [1.54, 1.807) is 26.6 Å². The number of nitrogens with zero attached hydrogens (tertiary/aromatic N) is 5. The molecule has 1 aromatic rings. The Morgan fingerprint density at radius 1 is 1.04 bits per heavy atom. The number of hydrogen-bond acceptors (Lipinski definition) is 7. The van der Waals surface area contributed by atoms with Gasteiger partial charge >= 0.3 is 0 Å². The highest BCUT2D eigenvalue weighted by atomic mass is 16.5. The maximum Gasteiger partial charge on any atom is 0.225 e. The first-order valence-corrected chi connectivity index (χ1v) is 10.1. The van der Waals surface area contributed by atoms with Gasteiger partial charge in [-0.3, -0.25) is 9.89 Å². The van der Waals surface area contributed by atoms with Crippen molar-refractivity contribution in [2.24, 2.45) is 4.99 Å². The van der Waals surface area contributed by atoms with Crippen LogP contribution in [0.2, 0.25) is 0 Å². The molecular weight excluding hydrogens is 358 g/mol. The number of anilines is 1. The number of piperazine rings is 1. The molecule has 0 spiro atoms. The molecule has 0 saturated carbocycles. The fourth-order valence-electron chi connectivity index (χ4n) is 2.98. The smallest absolute Gasteiger partial charge is 0.225 e. The maximum atomic E-state index is 5.45. The molecule has 0 atom stereocenters. The van der Waals surface area contributed by atoms with E-state index in [2.05, 4.69) is 35.4 Å². The zero-order valence-corrected chi connectivity index (χ0v) is 17.3. The summed E-state index contributed by atoms with van der Waals surface area (Å²) in [5.74, 6) is 1.69. The summed E-state index contributed by atoms with van der Waals surface area (Å²) in [5.41, 5.74) is 0. The third kappa shape index (κ3) is 8.81. The lowest BCUT2D eigenvalue weighted by molar-refractivity contribution is 0.0698. The van der Waals surface area contributed by atoms with Gasteiger partial charge in [0.2, 0.25) is 5.95 Å². The molecule has 1 fully saturated rings. The highest BCUT2D eigenvalue weighted by Gasteiger charge is 2.18. The van der Waals surface area contributed by atoms with E-state index in [0.717, 1.165) is 77.2 Å². The molecule has 0 aliphatic carbocycles. The van der Waals surface area contributed by atoms with Crippen LogP contribution in [0.5, 0.6) is 0 Å². The van der Waals surface area contributed by atoms with E-state index in [9.17, 15) is 0 Å². The van der Waals surface area contributed by atoms with Crippen molar-refractivity contribution in [3.05, 3.63) is 18.5 Å². The SMILES string of the molecule is CN=C(NCCCOCCOC)NCCCN1CCN(c2ncccn2)CC1. The average Bonchev–Trinajstić information content (AvgIpc) is 2.75. The summed E-state index contributed by atoms with van der Waals surface area (Å²) in [6.45, 7) is 8.92. The third-order valence-corrected chi connectivity index (χ3v) is 4.56. The van der Waals surface area contributed by atoms with Crippen LogP contribution in [0.1, 0.15) is 12.8 Å². The number of nitrogens with one attached hydrogen (secondary N) is 2. The Morgan fingerprint density at radius 2 is 1.75 bits per heavy atom. The summed E-state index contributed by atoms with van der Waals surface area (Å²) in [4.78, 5) is 17.7. The van der Waals surface area contributed by atoms with Gasteiger partial charge in [-0.05, 0) is 25.5 Å². The second-order valence-corrected chi connectivity index (χ2v) is 6.62. The minimum absolute atomic E-state index is 0.645. The summed E-state index contributed by atoms with van der Waals surface area (Å²) in [5, 5.41) is 6.69. The highest BCUT2D eigenvalue weighted by Crippen LogP contribution is 2.09. The van der Waals surface area contributed by atoms with Crippen molar-refractivity contribution in [3.63, 3.8) is 0 Å². The van der Waals surface area contributed by atoms with Gasteiger partial charge < -0.3 is 25.0 Å². The Kier molecular flexibility index (Phi) is 11.2. The van der Waals surface area contributed by atoms with Crippen molar-refractivity contribution >= 4 is 11.9 Å². The standard InChI is InChI=1S/C19H35N7O2/c1-20-18(22-9-5-15-28-17-16-27-2)21-8-4-10-25-11-13-26(14-12-25)19-23-6-3-7-24-19/h3,6-7H,4-5,8-17H2,1-2H3,(H2,20,21,22). The van der Waals surface area contributed by atoms with Crippen molar-refractivity contribution in [2.45, 2.75) is 12.8 Å². The van der Waals surface area contributed by atoms with Crippen molar-refractivity contribution in [1.82, 2.24) is 25.5 Å². The second-order valence-electron chi connectivity index (χ2n) is 6.62. The zero-order chi connectivity index (χ0) is 19.9. The molecule has 0 bridgehead atoms. The molecule has 0 radical (unpaired) electrons. The lowest BCUT2D eigenvalue weighted by Gasteiger charge is -2.34. The maximum absolute atomic E-state index is 5.45. The molecule has 158 valence electrons. The molecule has 1 aliphatic rings. The number of hydrogen-bond donors (Lipinski definition) is 2. The summed E-state index contributed by atoms with van der Waals surface area (Å²) in [7, 11) is 3.48. The van der Waals surface area contributed by atoms with E-state index < -0.39 is 0 Å². The number of methoxy groups -OCH3 is 1. The van der Waals surface area contributed by atoms with Gasteiger partial charge in [0.05, 0.1) is 13.2 Å². The van der Waals surface area contributed by atoms with Crippen LogP contribution >= 0.6 is 0 Å². The van der Waals surface area contributed by atoms with Gasteiger partial charge in [-0.25, -0.2) is 9.97 Å². The van der Waals surface area contributed by atoms with E-state index >= 15 is 0 Å². The molecular formula is C19H35N7O2. The molecule has 2 heterocycles. The first-order chi connectivity index (χ1) is 13.8. The van der Waals surface area contributed by atoms with Gasteiger partial charge in [0.25, 0.3) is 0 Å². The number of rotatable bonds is 12. The number of ether oxygens (including phenoxy) is 2. The van der Waals surface area contributed by atoms with Crippen LogP contribution in [0.25, 0.3) is 0 Å². The highest BCUT2D eigenvalue weighted by molar-refractivity contribution is 5.79. The van der Waals surface area contributed by atoms with Crippen molar-refractivity contribution in [3.8, 4) is 0 Å². The van der Waals surface area contributed by atoms with Crippen molar-refractivity contribution < 1.29 is 9.47 Å². The van der Waals surface area contributed by atoms with Crippen LogP contribution in [0.15, 0.2) is 23.5 Å². The Morgan fingerprint density at radius 3 is 2.43 bits per heavy atom. The normalized spacial score (nSPS) is 15.6. The third-order valence-electron chi connectivity index (χ3n) is 4.56. The topological polar surface area (TPSA) is 87.1 Å². The predicted molar refractivity (Wildman–Crippen MR) is 112 cm³/mol. The molecule has 1 aromatic heterocycles. The Hall–Kier alpha value is -1.97. The average molecular weight is 394 g/mol. The lowest BCUT2D eigenvalue weighted by Crippen LogP contribution is -2.47. The Bertz CT molecular complexity index is 536. The lowest BCUT2D eigenvalue weighted by atomic mass is 10.3. The molecule has 1 saturated heterocycles. The van der Waals surface area contributed by atoms with Crippen molar-refractivity contribution in [1.29, 1.82) is 0 Å². The molecule has 9 nitrogen and oxygen atoms in total. The first-order valence-electron chi connectivity index (χ1n) is 10.1. The molecule has 28 heavy (non-hydrogen) atoms. The van der Waals surface area contributed by atoms with E-state index in [1.165, 1.54) is 0 Å². The largest absolute Gasteiger partial charge is 0.382 e. The number of guanidine groups is 1. The van der Waals surface area contributed by atoms with Gasteiger partial charge in [0, 0.05) is 72.4 Å². The molecule has 0 aromatic carbocycles. The van der Waals surface area contributed by atoms with Gasteiger partial charge in [0.1, 0.15) is 0 Å². The Balaban J connectivity index is 1.49. The van der Waals surface area contributed by atoms with E-state index in [4.69, 9.17) is 9.47 Å². The fraction of sp³-hybridized carbons (Fsp3) is 0.737. The predicted octanol–water partition coefficient (Wildman–Crippen LogP) is 0.207. The van der Waals surface area contributed by atoms with E-state index in [0.29, 0.717) is 13.2 Å². The summed E-state index contributed by atoms with van der Waals surface area (Å²) >= 11 is 0. The van der Waals surface area contributed by atoms with Crippen LogP contribution in [0.3, 0.4) is 0 Å². The first kappa shape index (κ1) is 22.3. The van der Waals surface area contributed by atoms with Gasteiger partial charge in [-0.15, -0.1) is 0 Å². The zero-order valence-electron chi connectivity index (χ0n) is 17.3. The molecule has 2 rings (SSSR count). The molecule has 1 aliphatic heterocycles. The molecule has 2 N–H and O–H groups in total. The molecule has 0 unspecified atom stereocenters. The van der Waals surface area contributed by atoms with Gasteiger partial charge in [0.15, 0.2) is 5.96 Å². The summed E-state index contributed by atoms with van der Waals surface area (Å²) in [6.07, 6.45) is 5.63. The van der Waals surface area contributed by atoms with Crippen molar-refractivity contribution in [2.75, 3.05) is 84.7 Å². The molecule has 9 heteroatoms.